The molecule has 5 heteroatoms. The van der Waals surface area contributed by atoms with Gasteiger partial charge in [-0.05, 0) is 6.92 Å². The summed E-state index contributed by atoms with van der Waals surface area (Å²) in [5, 5.41) is 0. The van der Waals surface area contributed by atoms with Crippen LogP contribution in [0.25, 0.3) is 0 Å². The van der Waals surface area contributed by atoms with Gasteiger partial charge in [-0.2, -0.15) is 13.2 Å². The number of ether oxygens (including phenoxy) is 1. The van der Waals surface area contributed by atoms with Crippen molar-refractivity contribution in [2.75, 3.05) is 13.2 Å². The summed E-state index contributed by atoms with van der Waals surface area (Å²) < 4.78 is 39.4. The van der Waals surface area contributed by atoms with Gasteiger partial charge in [0.25, 0.3) is 0 Å². The Labute approximate surface area is 68.7 Å². The number of alkyl halides is 3. The molecular weight excluding hydrogens is 173 g/mol. The fraction of sp³-hybridized carbons (Fsp3) is 0.857. The Bertz CT molecular complexity index is 142. The fourth-order valence-electron chi connectivity index (χ4n) is 0.642. The second kappa shape index (κ2) is 5.13. The van der Waals surface area contributed by atoms with Crippen LogP contribution in [0, 0.1) is 0 Å². The van der Waals surface area contributed by atoms with Gasteiger partial charge < -0.3 is 4.74 Å². The van der Waals surface area contributed by atoms with Crippen LogP contribution >= 0.6 is 0 Å². The second-order valence-corrected chi connectivity index (χ2v) is 2.28. The van der Waals surface area contributed by atoms with Crippen LogP contribution in [-0.2, 0) is 9.53 Å². The number of Topliss-reactive ketones (excluding diaryl/α,β-unsaturated/α-hetero) is 1. The summed E-state index contributed by atoms with van der Waals surface area (Å²) in [7, 11) is 0. The Hall–Kier alpha value is -0.580. The predicted octanol–water partition coefficient (Wildman–Crippen LogP) is 1.93. The van der Waals surface area contributed by atoms with Crippen molar-refractivity contribution in [1.82, 2.24) is 0 Å². The first kappa shape index (κ1) is 11.4. The van der Waals surface area contributed by atoms with Crippen LogP contribution < -0.4 is 0 Å². The van der Waals surface area contributed by atoms with Crippen molar-refractivity contribution in [1.29, 1.82) is 0 Å². The van der Waals surface area contributed by atoms with Gasteiger partial charge in [-0.1, -0.05) is 0 Å². The third-order valence-electron chi connectivity index (χ3n) is 1.13. The van der Waals surface area contributed by atoms with Gasteiger partial charge in [0.05, 0.1) is 6.61 Å². The Morgan fingerprint density at radius 3 is 2.42 bits per heavy atom. The number of carbonyl (C=O) groups excluding carboxylic acids is 1. The molecule has 0 aromatic heterocycles. The molecule has 0 radical (unpaired) electrons. The third-order valence-corrected chi connectivity index (χ3v) is 1.13. The van der Waals surface area contributed by atoms with Crippen LogP contribution in [-0.4, -0.2) is 25.2 Å². The van der Waals surface area contributed by atoms with E-state index in [1.165, 1.54) is 0 Å². The van der Waals surface area contributed by atoms with E-state index in [2.05, 4.69) is 0 Å². The molecule has 0 aromatic carbocycles. The molecule has 0 aromatic rings. The van der Waals surface area contributed by atoms with Crippen LogP contribution in [0.5, 0.6) is 0 Å². The Balaban J connectivity index is 3.47. The molecule has 0 atom stereocenters. The molecule has 0 heterocycles. The van der Waals surface area contributed by atoms with Crippen molar-refractivity contribution in [3.63, 3.8) is 0 Å². The maximum Gasteiger partial charge on any atom is 0.395 e. The van der Waals surface area contributed by atoms with Gasteiger partial charge in [0, 0.05) is 13.0 Å². The molecule has 2 nitrogen and oxygen atoms in total. The van der Waals surface area contributed by atoms with E-state index in [1.807, 2.05) is 0 Å². The summed E-state index contributed by atoms with van der Waals surface area (Å²) >= 11 is 0. The lowest BCUT2D eigenvalue weighted by Crippen LogP contribution is -2.16. The lowest BCUT2D eigenvalue weighted by atomic mass is 10.2. The summed E-state index contributed by atoms with van der Waals surface area (Å²) in [6.45, 7) is 2.21. The molecule has 12 heavy (non-hydrogen) atoms. The Morgan fingerprint density at radius 2 is 2.00 bits per heavy atom. The van der Waals surface area contributed by atoms with Gasteiger partial charge >= 0.3 is 6.18 Å². The van der Waals surface area contributed by atoms with Crippen molar-refractivity contribution in [2.45, 2.75) is 25.9 Å². The highest BCUT2D eigenvalue weighted by molar-refractivity contribution is 5.79. The zero-order valence-corrected chi connectivity index (χ0v) is 6.78. The number of rotatable bonds is 5. The second-order valence-electron chi connectivity index (χ2n) is 2.28. The highest BCUT2D eigenvalue weighted by atomic mass is 19.4. The van der Waals surface area contributed by atoms with Crippen molar-refractivity contribution >= 4 is 5.78 Å². The van der Waals surface area contributed by atoms with E-state index in [9.17, 15) is 18.0 Å². The average Bonchev–Trinajstić information content (AvgIpc) is 1.84. The minimum atomic E-state index is -4.39. The standard InChI is InChI=1S/C7H11F3O2/c1-2-12-4-3-6(11)5-7(8,9)10/h2-5H2,1H3. The van der Waals surface area contributed by atoms with Gasteiger partial charge in [0.1, 0.15) is 12.2 Å². The minimum Gasteiger partial charge on any atom is -0.381 e. The topological polar surface area (TPSA) is 26.3 Å². The molecule has 0 aliphatic carbocycles. The Morgan fingerprint density at radius 1 is 1.42 bits per heavy atom. The molecule has 0 fully saturated rings. The molecule has 0 aliphatic heterocycles. The number of ketones is 1. The molecule has 0 N–H and O–H groups in total. The summed E-state index contributed by atoms with van der Waals surface area (Å²) in [5.41, 5.74) is 0. The van der Waals surface area contributed by atoms with Crippen LogP contribution in [0.2, 0.25) is 0 Å². The lowest BCUT2D eigenvalue weighted by molar-refractivity contribution is -0.152. The monoisotopic (exact) mass is 184 g/mol. The molecule has 72 valence electrons. The molecule has 0 spiro atoms. The third kappa shape index (κ3) is 7.53. The number of hydrogen-bond acceptors (Lipinski definition) is 2. The van der Waals surface area contributed by atoms with Crippen LogP contribution in [0.3, 0.4) is 0 Å². The minimum absolute atomic E-state index is 0.0748. The molecule has 0 saturated heterocycles. The summed E-state index contributed by atoms with van der Waals surface area (Å²) in [6.07, 6.45) is -5.89. The van der Waals surface area contributed by atoms with E-state index in [-0.39, 0.29) is 13.0 Å². The van der Waals surface area contributed by atoms with E-state index < -0.39 is 18.4 Å². The lowest BCUT2D eigenvalue weighted by Gasteiger charge is -2.04. The van der Waals surface area contributed by atoms with Crippen LogP contribution in [0.15, 0.2) is 0 Å². The number of hydrogen-bond donors (Lipinski definition) is 0. The van der Waals surface area contributed by atoms with E-state index in [1.54, 1.807) is 6.92 Å². The predicted molar refractivity (Wildman–Crippen MR) is 36.8 cm³/mol. The first-order valence-corrected chi connectivity index (χ1v) is 3.62. The van der Waals surface area contributed by atoms with Crippen LogP contribution in [0.4, 0.5) is 13.2 Å². The average molecular weight is 184 g/mol. The molecule has 0 unspecified atom stereocenters. The Kier molecular flexibility index (Phi) is 4.89. The summed E-state index contributed by atoms with van der Waals surface area (Å²) in [4.78, 5) is 10.5. The molecule has 0 saturated carbocycles. The summed E-state index contributed by atoms with van der Waals surface area (Å²) in [6, 6.07) is 0. The van der Waals surface area contributed by atoms with E-state index in [4.69, 9.17) is 4.74 Å². The summed E-state index contributed by atoms with van der Waals surface area (Å²) in [5.74, 6) is -0.823. The highest BCUT2D eigenvalue weighted by Crippen LogP contribution is 2.20. The molecule has 0 bridgehead atoms. The van der Waals surface area contributed by atoms with Gasteiger partial charge in [0.15, 0.2) is 0 Å². The first-order chi connectivity index (χ1) is 5.45. The molecular formula is C7H11F3O2. The maximum absolute atomic E-state index is 11.6. The van der Waals surface area contributed by atoms with Crippen molar-refractivity contribution in [2.24, 2.45) is 0 Å². The van der Waals surface area contributed by atoms with Crippen LogP contribution in [0.1, 0.15) is 19.8 Å². The van der Waals surface area contributed by atoms with Crippen molar-refractivity contribution in [3.05, 3.63) is 0 Å². The zero-order valence-electron chi connectivity index (χ0n) is 6.78. The molecule has 0 rings (SSSR count). The normalized spacial score (nSPS) is 11.7. The first-order valence-electron chi connectivity index (χ1n) is 3.62. The number of halogens is 3. The van der Waals surface area contributed by atoms with E-state index in [0.29, 0.717) is 6.61 Å². The SMILES string of the molecule is CCOCCC(=O)CC(F)(F)F. The quantitative estimate of drug-likeness (QED) is 0.610. The van der Waals surface area contributed by atoms with Crippen molar-refractivity contribution in [3.8, 4) is 0 Å². The molecule has 0 amide bonds. The number of carbonyl (C=O) groups is 1. The van der Waals surface area contributed by atoms with Gasteiger partial charge in [0.2, 0.25) is 0 Å². The van der Waals surface area contributed by atoms with Crippen molar-refractivity contribution < 1.29 is 22.7 Å². The van der Waals surface area contributed by atoms with E-state index in [0.717, 1.165) is 0 Å². The smallest absolute Gasteiger partial charge is 0.381 e. The highest BCUT2D eigenvalue weighted by Gasteiger charge is 2.30. The largest absolute Gasteiger partial charge is 0.395 e. The van der Waals surface area contributed by atoms with Gasteiger partial charge in [-0.3, -0.25) is 4.79 Å². The van der Waals surface area contributed by atoms with Gasteiger partial charge in [-0.25, -0.2) is 0 Å². The molecule has 0 aliphatic rings. The maximum atomic E-state index is 11.6. The van der Waals surface area contributed by atoms with E-state index >= 15 is 0 Å². The zero-order chi connectivity index (χ0) is 9.61. The van der Waals surface area contributed by atoms with Gasteiger partial charge in [-0.15, -0.1) is 0 Å². The fourth-order valence-corrected chi connectivity index (χ4v) is 0.642.